The summed E-state index contributed by atoms with van der Waals surface area (Å²) in [6.07, 6.45) is 10.2. The van der Waals surface area contributed by atoms with Gasteiger partial charge in [-0.15, -0.1) is 11.3 Å². The molecule has 0 atom stereocenters. The van der Waals surface area contributed by atoms with Crippen LogP contribution in [-0.4, -0.2) is 38.7 Å². The standard InChI is InChI=1S/C32H32N4O4S/c1-3-38-27-14-23(15-28(16-27)40-21-26-22-41-32(35-26)30-17-33-12-13-34-30)18-36-19-25(10-11-31(37)39-4-2)29(20-36)24-8-6-5-7-9-24/h5-9,12-17,19-20,22H,3-4,10-11,18,21H2,1-2H3. The van der Waals surface area contributed by atoms with Crippen molar-refractivity contribution in [2.24, 2.45) is 0 Å². The van der Waals surface area contributed by atoms with E-state index in [1.165, 1.54) is 11.3 Å². The van der Waals surface area contributed by atoms with Gasteiger partial charge in [0.15, 0.2) is 0 Å². The fraction of sp³-hybridized carbons (Fsp3) is 0.250. The van der Waals surface area contributed by atoms with Gasteiger partial charge >= 0.3 is 5.97 Å². The number of ether oxygens (including phenoxy) is 3. The zero-order valence-corrected chi connectivity index (χ0v) is 24.0. The van der Waals surface area contributed by atoms with Gasteiger partial charge < -0.3 is 18.8 Å². The van der Waals surface area contributed by atoms with Gasteiger partial charge in [0.1, 0.15) is 28.8 Å². The van der Waals surface area contributed by atoms with Crippen molar-refractivity contribution in [3.8, 4) is 33.3 Å². The number of benzene rings is 2. The number of aryl methyl sites for hydroxylation is 1. The summed E-state index contributed by atoms with van der Waals surface area (Å²) in [6, 6.07) is 16.2. The lowest BCUT2D eigenvalue weighted by molar-refractivity contribution is -0.143. The maximum absolute atomic E-state index is 12.1. The Labute approximate surface area is 243 Å². The highest BCUT2D eigenvalue weighted by atomic mass is 32.1. The maximum Gasteiger partial charge on any atom is 0.306 e. The summed E-state index contributed by atoms with van der Waals surface area (Å²) in [5, 5.41) is 2.78. The Kier molecular flexibility index (Phi) is 9.38. The van der Waals surface area contributed by atoms with Crippen LogP contribution in [0.5, 0.6) is 11.5 Å². The van der Waals surface area contributed by atoms with Crippen molar-refractivity contribution in [1.82, 2.24) is 19.5 Å². The minimum atomic E-state index is -0.186. The zero-order valence-electron chi connectivity index (χ0n) is 23.2. The van der Waals surface area contributed by atoms with Gasteiger partial charge in [-0.05, 0) is 49.1 Å². The highest BCUT2D eigenvalue weighted by Crippen LogP contribution is 2.29. The Morgan fingerprint density at radius 1 is 0.976 bits per heavy atom. The molecule has 0 N–H and O–H groups in total. The molecule has 0 aliphatic heterocycles. The summed E-state index contributed by atoms with van der Waals surface area (Å²) >= 11 is 1.51. The van der Waals surface area contributed by atoms with Gasteiger partial charge in [-0.3, -0.25) is 14.8 Å². The Morgan fingerprint density at radius 2 is 1.80 bits per heavy atom. The van der Waals surface area contributed by atoms with Crippen LogP contribution in [0, 0.1) is 0 Å². The Balaban J connectivity index is 1.34. The van der Waals surface area contributed by atoms with Crippen molar-refractivity contribution in [1.29, 1.82) is 0 Å². The average molecular weight is 569 g/mol. The van der Waals surface area contributed by atoms with Crippen molar-refractivity contribution in [3.05, 3.63) is 102 Å². The first-order chi connectivity index (χ1) is 20.1. The monoisotopic (exact) mass is 568 g/mol. The summed E-state index contributed by atoms with van der Waals surface area (Å²) < 4.78 is 19.3. The van der Waals surface area contributed by atoms with Gasteiger partial charge in [0.2, 0.25) is 0 Å². The molecule has 9 heteroatoms. The largest absolute Gasteiger partial charge is 0.494 e. The summed E-state index contributed by atoms with van der Waals surface area (Å²) in [5.74, 6) is 1.27. The summed E-state index contributed by atoms with van der Waals surface area (Å²) in [6.45, 7) is 5.67. The van der Waals surface area contributed by atoms with Crippen LogP contribution in [-0.2, 0) is 29.1 Å². The molecule has 0 unspecified atom stereocenters. The molecule has 5 rings (SSSR count). The van der Waals surface area contributed by atoms with Gasteiger partial charge in [0.25, 0.3) is 0 Å². The first-order valence-corrected chi connectivity index (χ1v) is 14.5. The lowest BCUT2D eigenvalue weighted by atomic mass is 10.0. The van der Waals surface area contributed by atoms with Gasteiger partial charge in [0, 0.05) is 54.8 Å². The third kappa shape index (κ3) is 7.58. The molecule has 0 amide bonds. The molecule has 3 aromatic heterocycles. The fourth-order valence-corrected chi connectivity index (χ4v) is 5.28. The number of hydrogen-bond donors (Lipinski definition) is 0. The number of thiazole rings is 1. The van der Waals surface area contributed by atoms with Crippen LogP contribution in [0.3, 0.4) is 0 Å². The van der Waals surface area contributed by atoms with Gasteiger partial charge in [-0.2, -0.15) is 0 Å². The molecule has 0 aliphatic carbocycles. The first kappa shape index (κ1) is 28.0. The molecule has 0 bridgehead atoms. The van der Waals surface area contributed by atoms with E-state index in [2.05, 4.69) is 44.0 Å². The summed E-state index contributed by atoms with van der Waals surface area (Å²) in [4.78, 5) is 25.2. The number of esters is 1. The number of hydrogen-bond acceptors (Lipinski definition) is 8. The SMILES string of the molecule is CCOC(=O)CCc1cn(Cc2cc(OCC)cc(OCc3csc(-c4cnccn4)n3)c2)cc1-c1ccccc1. The lowest BCUT2D eigenvalue weighted by Crippen LogP contribution is -2.05. The van der Waals surface area contributed by atoms with E-state index in [9.17, 15) is 4.79 Å². The first-order valence-electron chi connectivity index (χ1n) is 13.6. The normalized spacial score (nSPS) is 10.9. The van der Waals surface area contributed by atoms with Crippen LogP contribution < -0.4 is 9.47 Å². The molecule has 5 aromatic rings. The minimum Gasteiger partial charge on any atom is -0.494 e. The molecule has 0 radical (unpaired) electrons. The number of nitrogens with zero attached hydrogens (tertiary/aromatic N) is 4. The van der Waals surface area contributed by atoms with Crippen molar-refractivity contribution in [3.63, 3.8) is 0 Å². The average Bonchev–Trinajstić information content (AvgIpc) is 3.63. The summed E-state index contributed by atoms with van der Waals surface area (Å²) in [5.41, 5.74) is 5.92. The highest BCUT2D eigenvalue weighted by Gasteiger charge is 2.13. The lowest BCUT2D eigenvalue weighted by Gasteiger charge is -2.12. The van der Waals surface area contributed by atoms with Crippen LogP contribution >= 0.6 is 11.3 Å². The van der Waals surface area contributed by atoms with E-state index in [1.54, 1.807) is 18.6 Å². The molecule has 41 heavy (non-hydrogen) atoms. The minimum absolute atomic E-state index is 0.186. The number of aromatic nitrogens is 4. The van der Waals surface area contributed by atoms with Crippen LogP contribution in [0.25, 0.3) is 21.8 Å². The number of rotatable bonds is 13. The third-order valence-electron chi connectivity index (χ3n) is 6.29. The van der Waals surface area contributed by atoms with Gasteiger partial charge in [0.05, 0.1) is 25.1 Å². The van der Waals surface area contributed by atoms with E-state index < -0.39 is 0 Å². The predicted molar refractivity (Wildman–Crippen MR) is 159 cm³/mol. The second-order valence-electron chi connectivity index (χ2n) is 9.31. The van der Waals surface area contributed by atoms with E-state index in [4.69, 9.17) is 14.2 Å². The van der Waals surface area contributed by atoms with Crippen molar-refractivity contribution >= 4 is 17.3 Å². The molecule has 0 spiro atoms. The molecular formula is C32H32N4O4S. The fourth-order valence-electron chi connectivity index (χ4n) is 4.52. The van der Waals surface area contributed by atoms with Crippen molar-refractivity contribution in [2.75, 3.05) is 13.2 Å². The number of carbonyl (C=O) groups is 1. The molecular weight excluding hydrogens is 536 g/mol. The Hall–Kier alpha value is -4.50. The molecule has 8 nitrogen and oxygen atoms in total. The Bertz CT molecular complexity index is 1570. The molecule has 2 aromatic carbocycles. The smallest absolute Gasteiger partial charge is 0.306 e. The van der Waals surface area contributed by atoms with Crippen LogP contribution in [0.4, 0.5) is 0 Å². The highest BCUT2D eigenvalue weighted by molar-refractivity contribution is 7.13. The second kappa shape index (κ2) is 13.7. The molecule has 210 valence electrons. The summed E-state index contributed by atoms with van der Waals surface area (Å²) in [7, 11) is 0. The van der Waals surface area contributed by atoms with Crippen LogP contribution in [0.15, 0.2) is 84.9 Å². The topological polar surface area (TPSA) is 88.4 Å². The van der Waals surface area contributed by atoms with Crippen LogP contribution in [0.1, 0.15) is 37.1 Å². The molecule has 0 saturated heterocycles. The zero-order chi connectivity index (χ0) is 28.4. The van der Waals surface area contributed by atoms with Gasteiger partial charge in [-0.25, -0.2) is 4.98 Å². The van der Waals surface area contributed by atoms with E-state index >= 15 is 0 Å². The molecule has 0 fully saturated rings. The second-order valence-corrected chi connectivity index (χ2v) is 10.2. The van der Waals surface area contributed by atoms with Gasteiger partial charge in [-0.1, -0.05) is 30.3 Å². The maximum atomic E-state index is 12.1. The van der Waals surface area contributed by atoms with E-state index in [1.807, 2.05) is 55.6 Å². The van der Waals surface area contributed by atoms with Crippen molar-refractivity contribution in [2.45, 2.75) is 39.8 Å². The van der Waals surface area contributed by atoms with Crippen LogP contribution in [0.2, 0.25) is 0 Å². The quantitative estimate of drug-likeness (QED) is 0.148. The Morgan fingerprint density at radius 3 is 2.56 bits per heavy atom. The molecule has 0 aliphatic rings. The van der Waals surface area contributed by atoms with E-state index in [-0.39, 0.29) is 5.97 Å². The number of carbonyl (C=O) groups excluding carboxylic acids is 1. The molecule has 3 heterocycles. The van der Waals surface area contributed by atoms with E-state index in [0.29, 0.717) is 45.0 Å². The molecule has 0 saturated carbocycles. The predicted octanol–water partition coefficient (Wildman–Crippen LogP) is 6.59. The van der Waals surface area contributed by atoms with E-state index in [0.717, 1.165) is 44.4 Å². The third-order valence-corrected chi connectivity index (χ3v) is 7.20. The van der Waals surface area contributed by atoms with Crippen molar-refractivity contribution < 1.29 is 19.0 Å².